The van der Waals surface area contributed by atoms with E-state index in [0.29, 0.717) is 12.5 Å². The lowest BCUT2D eigenvalue weighted by Crippen LogP contribution is -2.45. The molecule has 0 spiro atoms. The molecule has 2 aromatic carbocycles. The maximum absolute atomic E-state index is 12.7. The van der Waals surface area contributed by atoms with Crippen LogP contribution in [-0.4, -0.2) is 43.7 Å². The minimum absolute atomic E-state index is 0.175. The van der Waals surface area contributed by atoms with Gasteiger partial charge in [0.15, 0.2) is 0 Å². The summed E-state index contributed by atoms with van der Waals surface area (Å²) in [6.07, 6.45) is 3.36. The Hall–Kier alpha value is -2.53. The molecular weight excluding hydrogens is 364 g/mol. The summed E-state index contributed by atoms with van der Waals surface area (Å²) in [5, 5.41) is 3.64. The van der Waals surface area contributed by atoms with Crippen molar-refractivity contribution < 1.29 is 14.3 Å². The number of carbonyl (C=O) groups is 1. The fourth-order valence-electron chi connectivity index (χ4n) is 3.68. The average Bonchev–Trinajstić information content (AvgIpc) is 2.77. The molecule has 0 radical (unpaired) electrons. The zero-order chi connectivity index (χ0) is 20.5. The lowest BCUT2D eigenvalue weighted by Gasteiger charge is -2.32. The van der Waals surface area contributed by atoms with E-state index in [1.165, 1.54) is 5.56 Å². The topological polar surface area (TPSA) is 50.8 Å². The van der Waals surface area contributed by atoms with Crippen molar-refractivity contribution in [3.05, 3.63) is 59.7 Å². The molecule has 1 saturated heterocycles. The molecule has 0 aliphatic carbocycles. The van der Waals surface area contributed by atoms with Crippen molar-refractivity contribution in [1.29, 1.82) is 0 Å². The summed E-state index contributed by atoms with van der Waals surface area (Å²) in [5.41, 5.74) is 2.18. The molecule has 0 aromatic heterocycles. The van der Waals surface area contributed by atoms with Gasteiger partial charge in [0.2, 0.25) is 5.91 Å². The lowest BCUT2D eigenvalue weighted by atomic mass is 10.0. The predicted molar refractivity (Wildman–Crippen MR) is 115 cm³/mol. The van der Waals surface area contributed by atoms with Gasteiger partial charge in [-0.15, -0.1) is 0 Å². The molecule has 156 valence electrons. The number of piperidine rings is 1. The number of para-hydroxylation sites is 1. The molecule has 1 aliphatic heterocycles. The van der Waals surface area contributed by atoms with Gasteiger partial charge in [0, 0.05) is 31.2 Å². The molecule has 5 nitrogen and oxygen atoms in total. The van der Waals surface area contributed by atoms with Gasteiger partial charge in [-0.05, 0) is 43.0 Å². The highest BCUT2D eigenvalue weighted by Crippen LogP contribution is 2.20. The van der Waals surface area contributed by atoms with E-state index in [1.807, 2.05) is 41.3 Å². The highest BCUT2D eigenvalue weighted by molar-refractivity contribution is 5.79. The second-order valence-corrected chi connectivity index (χ2v) is 7.52. The van der Waals surface area contributed by atoms with Crippen LogP contribution in [-0.2, 0) is 17.8 Å². The van der Waals surface area contributed by atoms with E-state index < -0.39 is 0 Å². The Morgan fingerprint density at radius 3 is 2.69 bits per heavy atom. The Bertz CT molecular complexity index is 785. The minimum atomic E-state index is 0.175. The average molecular weight is 397 g/mol. The Kier molecular flexibility index (Phi) is 7.94. The van der Waals surface area contributed by atoms with Gasteiger partial charge in [-0.2, -0.15) is 0 Å². The smallest absolute Gasteiger partial charge is 0.227 e. The number of rotatable bonds is 9. The normalized spacial score (nSPS) is 14.6. The van der Waals surface area contributed by atoms with Crippen LogP contribution >= 0.6 is 0 Å². The highest BCUT2D eigenvalue weighted by atomic mass is 16.5. The van der Waals surface area contributed by atoms with E-state index in [9.17, 15) is 4.79 Å². The molecule has 3 rings (SSSR count). The van der Waals surface area contributed by atoms with E-state index in [1.54, 1.807) is 7.11 Å². The molecule has 29 heavy (non-hydrogen) atoms. The van der Waals surface area contributed by atoms with Crippen molar-refractivity contribution >= 4 is 5.91 Å². The van der Waals surface area contributed by atoms with Crippen LogP contribution in [0, 0.1) is 0 Å². The van der Waals surface area contributed by atoms with Crippen LogP contribution in [0.4, 0.5) is 0 Å². The van der Waals surface area contributed by atoms with Crippen LogP contribution in [0.1, 0.15) is 37.3 Å². The third-order valence-electron chi connectivity index (χ3n) is 5.35. The summed E-state index contributed by atoms with van der Waals surface area (Å²) in [6.45, 7) is 5.27. The summed E-state index contributed by atoms with van der Waals surface area (Å²) in [7, 11) is 1.64. The molecule has 1 aliphatic rings. The van der Waals surface area contributed by atoms with E-state index in [-0.39, 0.29) is 5.91 Å². The van der Waals surface area contributed by atoms with E-state index in [0.717, 1.165) is 62.6 Å². The molecule has 0 saturated carbocycles. The van der Waals surface area contributed by atoms with Crippen molar-refractivity contribution in [2.45, 2.75) is 45.2 Å². The summed E-state index contributed by atoms with van der Waals surface area (Å²) < 4.78 is 11.1. The fraction of sp³-hybridized carbons (Fsp3) is 0.458. The lowest BCUT2D eigenvalue weighted by molar-refractivity contribution is -0.131. The number of nitrogens with zero attached hydrogens (tertiary/aromatic N) is 1. The van der Waals surface area contributed by atoms with Crippen molar-refractivity contribution in [1.82, 2.24) is 10.2 Å². The van der Waals surface area contributed by atoms with Crippen LogP contribution in [0.5, 0.6) is 11.5 Å². The van der Waals surface area contributed by atoms with Crippen molar-refractivity contribution in [3.63, 3.8) is 0 Å². The van der Waals surface area contributed by atoms with Crippen molar-refractivity contribution in [2.75, 3.05) is 26.8 Å². The number of benzene rings is 2. The van der Waals surface area contributed by atoms with Gasteiger partial charge in [-0.3, -0.25) is 4.79 Å². The van der Waals surface area contributed by atoms with Gasteiger partial charge in [0.05, 0.1) is 20.1 Å². The Labute approximate surface area is 174 Å². The standard InChI is InChI=1S/C24H32N2O3/c1-3-15-29-22-9-6-7-19(16-22)18-25-21-11-13-26(14-12-21)24(27)17-20-8-4-5-10-23(20)28-2/h4-10,16,21,25H,3,11-15,17-18H2,1-2H3. The van der Waals surface area contributed by atoms with Gasteiger partial charge in [-0.25, -0.2) is 0 Å². The van der Waals surface area contributed by atoms with Crippen molar-refractivity contribution in [2.24, 2.45) is 0 Å². The molecule has 0 unspecified atom stereocenters. The zero-order valence-electron chi connectivity index (χ0n) is 17.5. The van der Waals surface area contributed by atoms with Crippen LogP contribution in [0.2, 0.25) is 0 Å². The molecule has 1 N–H and O–H groups in total. The number of nitrogens with one attached hydrogen (secondary N) is 1. The van der Waals surface area contributed by atoms with Crippen LogP contribution in [0.25, 0.3) is 0 Å². The largest absolute Gasteiger partial charge is 0.496 e. The SMILES string of the molecule is CCCOc1cccc(CNC2CCN(C(=O)Cc3ccccc3OC)CC2)c1. The molecule has 1 amide bonds. The van der Waals surface area contributed by atoms with Gasteiger partial charge in [0.1, 0.15) is 11.5 Å². The number of amides is 1. The van der Waals surface area contributed by atoms with Gasteiger partial charge >= 0.3 is 0 Å². The Morgan fingerprint density at radius 2 is 1.93 bits per heavy atom. The predicted octanol–water partition coefficient (Wildman–Crippen LogP) is 3.81. The third-order valence-corrected chi connectivity index (χ3v) is 5.35. The maximum atomic E-state index is 12.7. The summed E-state index contributed by atoms with van der Waals surface area (Å²) in [6, 6.07) is 16.5. The number of likely N-dealkylation sites (tertiary alicyclic amines) is 1. The molecule has 1 heterocycles. The molecule has 5 heteroatoms. The molecule has 2 aromatic rings. The van der Waals surface area contributed by atoms with Gasteiger partial charge < -0.3 is 19.7 Å². The van der Waals surface area contributed by atoms with Crippen molar-refractivity contribution in [3.8, 4) is 11.5 Å². The number of hydrogen-bond donors (Lipinski definition) is 1. The van der Waals surface area contributed by atoms with Gasteiger partial charge in [-0.1, -0.05) is 37.3 Å². The first kappa shape index (κ1) is 21.2. The summed E-state index contributed by atoms with van der Waals surface area (Å²) in [5.74, 6) is 1.89. The van der Waals surface area contributed by atoms with E-state index >= 15 is 0 Å². The first-order valence-corrected chi connectivity index (χ1v) is 10.5. The molecule has 0 bridgehead atoms. The summed E-state index contributed by atoms with van der Waals surface area (Å²) >= 11 is 0. The Morgan fingerprint density at radius 1 is 1.14 bits per heavy atom. The maximum Gasteiger partial charge on any atom is 0.227 e. The Balaban J connectivity index is 1.44. The molecule has 0 atom stereocenters. The first-order chi connectivity index (χ1) is 14.2. The number of carbonyl (C=O) groups excluding carboxylic acids is 1. The first-order valence-electron chi connectivity index (χ1n) is 10.5. The summed E-state index contributed by atoms with van der Waals surface area (Å²) in [4.78, 5) is 14.7. The van der Waals surface area contributed by atoms with Crippen LogP contribution in [0.3, 0.4) is 0 Å². The minimum Gasteiger partial charge on any atom is -0.496 e. The van der Waals surface area contributed by atoms with E-state index in [2.05, 4.69) is 24.4 Å². The van der Waals surface area contributed by atoms with Crippen LogP contribution < -0.4 is 14.8 Å². The number of methoxy groups -OCH3 is 1. The zero-order valence-corrected chi connectivity index (χ0v) is 17.5. The second kappa shape index (κ2) is 10.9. The number of ether oxygens (including phenoxy) is 2. The van der Waals surface area contributed by atoms with E-state index in [4.69, 9.17) is 9.47 Å². The molecular formula is C24H32N2O3. The van der Waals surface area contributed by atoms with Gasteiger partial charge in [0.25, 0.3) is 0 Å². The quantitative estimate of drug-likeness (QED) is 0.700. The van der Waals surface area contributed by atoms with Crippen LogP contribution in [0.15, 0.2) is 48.5 Å². The highest BCUT2D eigenvalue weighted by Gasteiger charge is 2.23. The monoisotopic (exact) mass is 396 g/mol. The molecule has 1 fully saturated rings. The third kappa shape index (κ3) is 6.23. The number of hydrogen-bond acceptors (Lipinski definition) is 4. The second-order valence-electron chi connectivity index (χ2n) is 7.52. The fourth-order valence-corrected chi connectivity index (χ4v) is 3.68.